The molecule has 156 valence electrons. The number of amides is 1. The van der Waals surface area contributed by atoms with Gasteiger partial charge in [-0.3, -0.25) is 14.6 Å². The SMILES string of the molecule is COc1ccc(F)c(CONC(=O)c2cncc(-c3ccc(OC(C)C)nc3)n2)c1. The van der Waals surface area contributed by atoms with Crippen molar-refractivity contribution in [2.24, 2.45) is 0 Å². The third kappa shape index (κ3) is 5.48. The van der Waals surface area contributed by atoms with E-state index in [1.807, 2.05) is 13.8 Å². The lowest BCUT2D eigenvalue weighted by molar-refractivity contribution is 0.0219. The van der Waals surface area contributed by atoms with Gasteiger partial charge in [-0.2, -0.15) is 0 Å². The molecule has 3 aromatic rings. The highest BCUT2D eigenvalue weighted by Gasteiger charge is 2.12. The van der Waals surface area contributed by atoms with Gasteiger partial charge in [0.1, 0.15) is 23.9 Å². The quantitative estimate of drug-likeness (QED) is 0.567. The average Bonchev–Trinajstić information content (AvgIpc) is 2.75. The summed E-state index contributed by atoms with van der Waals surface area (Å²) in [4.78, 5) is 30.0. The number of hydrogen-bond acceptors (Lipinski definition) is 7. The summed E-state index contributed by atoms with van der Waals surface area (Å²) in [7, 11) is 1.48. The van der Waals surface area contributed by atoms with Crippen LogP contribution in [0, 0.1) is 5.82 Å². The molecule has 0 aliphatic heterocycles. The Kier molecular flexibility index (Phi) is 6.87. The number of hydrogen-bond donors (Lipinski definition) is 1. The van der Waals surface area contributed by atoms with Crippen LogP contribution in [0.5, 0.6) is 11.6 Å². The molecule has 1 amide bonds. The molecular formula is C21H21FN4O4. The van der Waals surface area contributed by atoms with Gasteiger partial charge in [0.15, 0.2) is 0 Å². The number of methoxy groups -OCH3 is 1. The number of carbonyl (C=O) groups excluding carboxylic acids is 1. The predicted molar refractivity (Wildman–Crippen MR) is 106 cm³/mol. The molecule has 30 heavy (non-hydrogen) atoms. The summed E-state index contributed by atoms with van der Waals surface area (Å²) < 4.78 is 24.4. The molecule has 8 nitrogen and oxygen atoms in total. The number of halogens is 1. The molecule has 1 N–H and O–H groups in total. The molecule has 0 bridgehead atoms. The molecule has 9 heteroatoms. The van der Waals surface area contributed by atoms with Crippen LogP contribution in [-0.4, -0.2) is 34.1 Å². The molecule has 0 radical (unpaired) electrons. The summed E-state index contributed by atoms with van der Waals surface area (Å²) in [5, 5.41) is 0. The first-order valence-electron chi connectivity index (χ1n) is 9.16. The van der Waals surface area contributed by atoms with Crippen molar-refractivity contribution < 1.29 is 23.5 Å². The second-order valence-electron chi connectivity index (χ2n) is 6.52. The van der Waals surface area contributed by atoms with Gasteiger partial charge < -0.3 is 9.47 Å². The Bertz CT molecular complexity index is 1010. The summed E-state index contributed by atoms with van der Waals surface area (Å²) >= 11 is 0. The minimum absolute atomic E-state index is 0.0145. The molecule has 0 saturated carbocycles. The van der Waals surface area contributed by atoms with E-state index in [2.05, 4.69) is 20.4 Å². The van der Waals surface area contributed by atoms with E-state index in [1.54, 1.807) is 18.3 Å². The number of nitrogens with zero attached hydrogens (tertiary/aromatic N) is 3. The molecular weight excluding hydrogens is 391 g/mol. The number of hydroxylamine groups is 1. The fraction of sp³-hybridized carbons (Fsp3) is 0.238. The van der Waals surface area contributed by atoms with E-state index in [1.165, 1.54) is 37.7 Å². The largest absolute Gasteiger partial charge is 0.497 e. The van der Waals surface area contributed by atoms with Crippen molar-refractivity contribution in [3.8, 4) is 22.9 Å². The standard InChI is InChI=1S/C21H21FN4O4/c1-13(2)30-20-7-4-14(9-24-20)18-10-23-11-19(25-18)21(27)26-29-12-15-8-16(28-3)5-6-17(15)22/h4-11,13H,12H2,1-3H3,(H,26,27). The topological polar surface area (TPSA) is 95.5 Å². The van der Waals surface area contributed by atoms with E-state index in [0.717, 1.165) is 0 Å². The molecule has 0 aliphatic rings. The fourth-order valence-corrected chi connectivity index (χ4v) is 2.48. The first kappa shape index (κ1) is 21.1. The van der Waals surface area contributed by atoms with Crippen LogP contribution in [0.25, 0.3) is 11.3 Å². The van der Waals surface area contributed by atoms with Gasteiger partial charge in [0.2, 0.25) is 5.88 Å². The maximum Gasteiger partial charge on any atom is 0.295 e. The molecule has 0 atom stereocenters. The summed E-state index contributed by atoms with van der Waals surface area (Å²) in [5.74, 6) is -0.100. The lowest BCUT2D eigenvalue weighted by Gasteiger charge is -2.09. The van der Waals surface area contributed by atoms with Crippen LogP contribution >= 0.6 is 0 Å². The van der Waals surface area contributed by atoms with Crippen LogP contribution < -0.4 is 15.0 Å². The summed E-state index contributed by atoms with van der Waals surface area (Å²) in [6.07, 6.45) is 4.42. The van der Waals surface area contributed by atoms with Crippen molar-refractivity contribution in [3.05, 3.63) is 66.0 Å². The van der Waals surface area contributed by atoms with E-state index in [0.29, 0.717) is 22.9 Å². The molecule has 2 aromatic heterocycles. The molecule has 0 aliphatic carbocycles. The monoisotopic (exact) mass is 412 g/mol. The molecule has 3 rings (SSSR count). The zero-order valence-electron chi connectivity index (χ0n) is 16.8. The Morgan fingerprint density at radius 2 is 2.00 bits per heavy atom. The van der Waals surface area contributed by atoms with Crippen molar-refractivity contribution >= 4 is 5.91 Å². The van der Waals surface area contributed by atoms with Crippen LogP contribution in [0.1, 0.15) is 29.9 Å². The van der Waals surface area contributed by atoms with Crippen LogP contribution in [0.3, 0.4) is 0 Å². The smallest absolute Gasteiger partial charge is 0.295 e. The second-order valence-corrected chi connectivity index (χ2v) is 6.52. The lowest BCUT2D eigenvalue weighted by atomic mass is 10.2. The van der Waals surface area contributed by atoms with E-state index < -0.39 is 11.7 Å². The van der Waals surface area contributed by atoms with Crippen molar-refractivity contribution in [1.29, 1.82) is 0 Å². The van der Waals surface area contributed by atoms with Gasteiger partial charge in [-0.1, -0.05) is 0 Å². The van der Waals surface area contributed by atoms with E-state index in [4.69, 9.17) is 14.3 Å². The van der Waals surface area contributed by atoms with E-state index >= 15 is 0 Å². The van der Waals surface area contributed by atoms with Crippen LogP contribution in [0.4, 0.5) is 4.39 Å². The zero-order valence-corrected chi connectivity index (χ0v) is 16.8. The average molecular weight is 412 g/mol. The van der Waals surface area contributed by atoms with Gasteiger partial charge in [-0.05, 0) is 38.1 Å². The molecule has 2 heterocycles. The van der Waals surface area contributed by atoms with Crippen LogP contribution in [0.15, 0.2) is 48.9 Å². The Labute approximate surface area is 173 Å². The van der Waals surface area contributed by atoms with Crippen LogP contribution in [0.2, 0.25) is 0 Å². The van der Waals surface area contributed by atoms with Gasteiger partial charge in [0.05, 0.1) is 31.3 Å². The van der Waals surface area contributed by atoms with Crippen molar-refractivity contribution in [3.63, 3.8) is 0 Å². The third-order valence-corrected chi connectivity index (χ3v) is 3.90. The van der Waals surface area contributed by atoms with Crippen LogP contribution in [-0.2, 0) is 11.4 Å². The predicted octanol–water partition coefficient (Wildman–Crippen LogP) is 3.34. The van der Waals surface area contributed by atoms with Crippen molar-refractivity contribution in [2.75, 3.05) is 7.11 Å². The van der Waals surface area contributed by atoms with Gasteiger partial charge in [-0.15, -0.1) is 0 Å². The number of pyridine rings is 1. The molecule has 0 fully saturated rings. The fourth-order valence-electron chi connectivity index (χ4n) is 2.48. The number of benzene rings is 1. The lowest BCUT2D eigenvalue weighted by Crippen LogP contribution is -2.25. The van der Waals surface area contributed by atoms with Gasteiger partial charge in [-0.25, -0.2) is 19.8 Å². The minimum Gasteiger partial charge on any atom is -0.497 e. The number of carbonyl (C=O) groups is 1. The molecule has 1 aromatic carbocycles. The number of nitrogens with one attached hydrogen (secondary N) is 1. The maximum absolute atomic E-state index is 13.8. The zero-order chi connectivity index (χ0) is 21.5. The summed E-state index contributed by atoms with van der Waals surface area (Å²) in [5.41, 5.74) is 3.66. The molecule has 0 unspecified atom stereocenters. The van der Waals surface area contributed by atoms with Gasteiger partial charge in [0, 0.05) is 23.4 Å². The first-order valence-corrected chi connectivity index (χ1v) is 9.16. The maximum atomic E-state index is 13.8. The van der Waals surface area contributed by atoms with E-state index in [-0.39, 0.29) is 24.0 Å². The summed E-state index contributed by atoms with van der Waals surface area (Å²) in [6.45, 7) is 3.64. The van der Waals surface area contributed by atoms with E-state index in [9.17, 15) is 9.18 Å². The van der Waals surface area contributed by atoms with Crippen molar-refractivity contribution in [2.45, 2.75) is 26.6 Å². The number of ether oxygens (including phenoxy) is 2. The Morgan fingerprint density at radius 1 is 1.17 bits per heavy atom. The highest BCUT2D eigenvalue weighted by atomic mass is 19.1. The Morgan fingerprint density at radius 3 is 2.70 bits per heavy atom. The normalized spacial score (nSPS) is 10.7. The van der Waals surface area contributed by atoms with Gasteiger partial charge in [0.25, 0.3) is 5.91 Å². The number of aromatic nitrogens is 3. The van der Waals surface area contributed by atoms with Crippen molar-refractivity contribution in [1.82, 2.24) is 20.4 Å². The highest BCUT2D eigenvalue weighted by Crippen LogP contribution is 2.19. The first-order chi connectivity index (χ1) is 14.5. The Balaban J connectivity index is 1.63. The van der Waals surface area contributed by atoms with Gasteiger partial charge >= 0.3 is 0 Å². The number of rotatable bonds is 8. The highest BCUT2D eigenvalue weighted by molar-refractivity contribution is 5.91. The minimum atomic E-state index is -0.611. The third-order valence-electron chi connectivity index (χ3n) is 3.90. The molecule has 0 spiro atoms. The second kappa shape index (κ2) is 9.75. The summed E-state index contributed by atoms with van der Waals surface area (Å²) in [6, 6.07) is 7.74. The molecule has 0 saturated heterocycles. The Hall–Kier alpha value is -3.59.